The van der Waals surface area contributed by atoms with Crippen molar-refractivity contribution in [1.29, 1.82) is 0 Å². The second kappa shape index (κ2) is 3.85. The van der Waals surface area contributed by atoms with Crippen LogP contribution in [0.1, 0.15) is 16.1 Å². The summed E-state index contributed by atoms with van der Waals surface area (Å²) >= 11 is 0. The quantitative estimate of drug-likeness (QED) is 0.836. The summed E-state index contributed by atoms with van der Waals surface area (Å²) in [6, 6.07) is 9.59. The maximum Gasteiger partial charge on any atom is 0.337 e. The van der Waals surface area contributed by atoms with E-state index in [1.54, 1.807) is 6.20 Å². The van der Waals surface area contributed by atoms with Gasteiger partial charge in [0.05, 0.1) is 5.56 Å². The van der Waals surface area contributed by atoms with E-state index in [1.807, 2.05) is 48.9 Å². The van der Waals surface area contributed by atoms with E-state index in [4.69, 9.17) is 5.11 Å². The number of aromatic carboxylic acids is 1. The molecular weight excluding hydrogens is 202 g/mol. The molecule has 3 nitrogen and oxygen atoms in total. The minimum atomic E-state index is -0.887. The Balaban J connectivity index is 2.68. The summed E-state index contributed by atoms with van der Waals surface area (Å²) in [5.41, 5.74) is 3.06. The molecule has 1 aromatic carbocycles. The van der Waals surface area contributed by atoms with Crippen LogP contribution in [-0.2, 0) is 7.05 Å². The third-order valence-corrected chi connectivity index (χ3v) is 2.78. The normalized spacial score (nSPS) is 10.4. The van der Waals surface area contributed by atoms with Crippen LogP contribution in [-0.4, -0.2) is 15.6 Å². The lowest BCUT2D eigenvalue weighted by Crippen LogP contribution is -1.96. The molecule has 0 unspecified atom stereocenters. The zero-order valence-electron chi connectivity index (χ0n) is 9.27. The summed E-state index contributed by atoms with van der Waals surface area (Å²) in [5, 5.41) is 9.15. The molecule has 0 aliphatic carbocycles. The Morgan fingerprint density at radius 2 is 1.88 bits per heavy atom. The molecule has 3 heteroatoms. The molecule has 0 spiro atoms. The molecule has 0 aliphatic heterocycles. The number of hydrogen-bond donors (Lipinski definition) is 1. The lowest BCUT2D eigenvalue weighted by Gasteiger charge is -2.03. The van der Waals surface area contributed by atoms with E-state index in [2.05, 4.69) is 0 Å². The van der Waals surface area contributed by atoms with E-state index in [1.165, 1.54) is 0 Å². The first-order chi connectivity index (χ1) is 7.61. The molecule has 0 saturated heterocycles. The fourth-order valence-corrected chi connectivity index (χ4v) is 1.86. The molecule has 82 valence electrons. The van der Waals surface area contributed by atoms with Gasteiger partial charge in [-0.1, -0.05) is 30.3 Å². The van der Waals surface area contributed by atoms with Gasteiger partial charge in [-0.3, -0.25) is 0 Å². The van der Waals surface area contributed by atoms with Gasteiger partial charge >= 0.3 is 5.97 Å². The first-order valence-electron chi connectivity index (χ1n) is 5.06. The highest BCUT2D eigenvalue weighted by Crippen LogP contribution is 2.28. The molecule has 0 saturated carbocycles. The first-order valence-corrected chi connectivity index (χ1v) is 5.06. The van der Waals surface area contributed by atoms with E-state index in [0.717, 1.165) is 16.8 Å². The third kappa shape index (κ3) is 1.60. The SMILES string of the molecule is Cc1c(-c2ccccc2)c(C(=O)O)cn1C. The minimum Gasteiger partial charge on any atom is -0.478 e. The van der Waals surface area contributed by atoms with Crippen LogP contribution in [0.4, 0.5) is 0 Å². The number of nitrogens with zero attached hydrogens (tertiary/aromatic N) is 1. The summed E-state index contributed by atoms with van der Waals surface area (Å²) in [4.78, 5) is 11.1. The summed E-state index contributed by atoms with van der Waals surface area (Å²) in [6.45, 7) is 1.93. The van der Waals surface area contributed by atoms with E-state index >= 15 is 0 Å². The smallest absolute Gasteiger partial charge is 0.337 e. The number of benzene rings is 1. The Kier molecular flexibility index (Phi) is 2.52. The molecule has 0 atom stereocenters. The van der Waals surface area contributed by atoms with E-state index in [9.17, 15) is 4.79 Å². The molecule has 0 radical (unpaired) electrons. The van der Waals surface area contributed by atoms with Crippen LogP contribution >= 0.6 is 0 Å². The van der Waals surface area contributed by atoms with Crippen molar-refractivity contribution in [3.05, 3.63) is 47.8 Å². The van der Waals surface area contributed by atoms with Gasteiger partial charge in [0.2, 0.25) is 0 Å². The standard InChI is InChI=1S/C13H13NO2/c1-9-12(10-6-4-3-5-7-10)11(13(15)16)8-14(9)2/h3-8H,1-2H3,(H,15,16). The number of carboxylic acid groups (broad SMARTS) is 1. The van der Waals surface area contributed by atoms with Crippen molar-refractivity contribution < 1.29 is 9.90 Å². The van der Waals surface area contributed by atoms with Crippen LogP contribution < -0.4 is 0 Å². The van der Waals surface area contributed by atoms with Gasteiger partial charge in [0.15, 0.2) is 0 Å². The molecule has 1 N–H and O–H groups in total. The van der Waals surface area contributed by atoms with Crippen molar-refractivity contribution in [2.24, 2.45) is 7.05 Å². The lowest BCUT2D eigenvalue weighted by atomic mass is 10.0. The van der Waals surface area contributed by atoms with Crippen molar-refractivity contribution in [3.63, 3.8) is 0 Å². The molecule has 16 heavy (non-hydrogen) atoms. The summed E-state index contributed by atoms with van der Waals surface area (Å²) < 4.78 is 1.84. The fourth-order valence-electron chi connectivity index (χ4n) is 1.86. The van der Waals surface area contributed by atoms with Crippen molar-refractivity contribution in [2.75, 3.05) is 0 Å². The van der Waals surface area contributed by atoms with Gasteiger partial charge in [0.25, 0.3) is 0 Å². The topological polar surface area (TPSA) is 42.2 Å². The van der Waals surface area contributed by atoms with Crippen LogP contribution in [0.2, 0.25) is 0 Å². The average Bonchev–Trinajstić information content (AvgIpc) is 2.57. The number of carbonyl (C=O) groups is 1. The molecule has 2 aromatic rings. The Labute approximate surface area is 94.0 Å². The predicted octanol–water partition coefficient (Wildman–Crippen LogP) is 2.70. The Morgan fingerprint density at radius 3 is 2.44 bits per heavy atom. The van der Waals surface area contributed by atoms with Gasteiger partial charge in [-0.15, -0.1) is 0 Å². The van der Waals surface area contributed by atoms with Crippen LogP contribution in [0.3, 0.4) is 0 Å². The van der Waals surface area contributed by atoms with Gasteiger partial charge < -0.3 is 9.67 Å². The van der Waals surface area contributed by atoms with Crippen LogP contribution in [0.15, 0.2) is 36.5 Å². The number of rotatable bonds is 2. The van der Waals surface area contributed by atoms with Crippen molar-refractivity contribution >= 4 is 5.97 Å². The summed E-state index contributed by atoms with van der Waals surface area (Å²) in [5.74, 6) is -0.887. The molecule has 0 aliphatic rings. The Bertz CT molecular complexity index is 526. The first kappa shape index (κ1) is 10.5. The monoisotopic (exact) mass is 215 g/mol. The van der Waals surface area contributed by atoms with Gasteiger partial charge in [-0.05, 0) is 12.5 Å². The average molecular weight is 215 g/mol. The number of aryl methyl sites for hydroxylation is 1. The second-order valence-corrected chi connectivity index (χ2v) is 3.79. The van der Waals surface area contributed by atoms with Crippen molar-refractivity contribution in [2.45, 2.75) is 6.92 Å². The summed E-state index contributed by atoms with van der Waals surface area (Å²) in [6.07, 6.45) is 1.65. The highest BCUT2D eigenvalue weighted by atomic mass is 16.4. The summed E-state index contributed by atoms with van der Waals surface area (Å²) in [7, 11) is 1.86. The van der Waals surface area contributed by atoms with Crippen LogP contribution in [0.5, 0.6) is 0 Å². The van der Waals surface area contributed by atoms with Gasteiger partial charge in [-0.25, -0.2) is 4.79 Å². The predicted molar refractivity (Wildman–Crippen MR) is 62.5 cm³/mol. The molecular formula is C13H13NO2. The van der Waals surface area contributed by atoms with E-state index in [0.29, 0.717) is 5.56 Å². The van der Waals surface area contributed by atoms with Gasteiger partial charge in [0, 0.05) is 24.5 Å². The number of aromatic nitrogens is 1. The van der Waals surface area contributed by atoms with Crippen molar-refractivity contribution in [1.82, 2.24) is 4.57 Å². The fraction of sp³-hybridized carbons (Fsp3) is 0.154. The lowest BCUT2D eigenvalue weighted by molar-refractivity contribution is 0.0697. The molecule has 0 fully saturated rings. The largest absolute Gasteiger partial charge is 0.478 e. The van der Waals surface area contributed by atoms with Crippen molar-refractivity contribution in [3.8, 4) is 11.1 Å². The zero-order valence-corrected chi connectivity index (χ0v) is 9.27. The second-order valence-electron chi connectivity index (χ2n) is 3.79. The number of carboxylic acids is 1. The maximum atomic E-state index is 11.1. The Morgan fingerprint density at radius 1 is 1.25 bits per heavy atom. The highest BCUT2D eigenvalue weighted by Gasteiger charge is 2.17. The third-order valence-electron chi connectivity index (χ3n) is 2.78. The maximum absolute atomic E-state index is 11.1. The molecule has 0 amide bonds. The molecule has 0 bridgehead atoms. The number of hydrogen-bond acceptors (Lipinski definition) is 1. The van der Waals surface area contributed by atoms with Crippen LogP contribution in [0, 0.1) is 6.92 Å². The van der Waals surface area contributed by atoms with E-state index < -0.39 is 5.97 Å². The Hall–Kier alpha value is -2.03. The minimum absolute atomic E-state index is 0.353. The highest BCUT2D eigenvalue weighted by molar-refractivity contribution is 5.97. The molecule has 2 rings (SSSR count). The van der Waals surface area contributed by atoms with Crippen LogP contribution in [0.25, 0.3) is 11.1 Å². The van der Waals surface area contributed by atoms with Gasteiger partial charge in [0.1, 0.15) is 0 Å². The van der Waals surface area contributed by atoms with E-state index in [-0.39, 0.29) is 0 Å². The van der Waals surface area contributed by atoms with Gasteiger partial charge in [-0.2, -0.15) is 0 Å². The molecule has 1 aromatic heterocycles. The molecule has 1 heterocycles. The zero-order chi connectivity index (χ0) is 11.7.